The summed E-state index contributed by atoms with van der Waals surface area (Å²) in [5, 5.41) is 12.6. The van der Waals surface area contributed by atoms with Crippen molar-refractivity contribution in [2.45, 2.75) is 10.9 Å². The van der Waals surface area contributed by atoms with E-state index in [-0.39, 0.29) is 0 Å². The lowest BCUT2D eigenvalue weighted by Crippen LogP contribution is -1.94. The number of nitrogens with zero attached hydrogens (tertiary/aromatic N) is 5. The highest BCUT2D eigenvalue weighted by molar-refractivity contribution is 7.98. The highest BCUT2D eigenvalue weighted by Crippen LogP contribution is 2.19. The Balaban J connectivity index is 2.02. The number of rotatable bonds is 3. The molecule has 0 aliphatic rings. The predicted octanol–water partition coefficient (Wildman–Crippen LogP) is 1.55. The van der Waals surface area contributed by atoms with Gasteiger partial charge in [0.15, 0.2) is 0 Å². The summed E-state index contributed by atoms with van der Waals surface area (Å²) in [6.45, 7) is 0. The Morgan fingerprint density at radius 3 is 3.07 bits per heavy atom. The van der Waals surface area contributed by atoms with Crippen molar-refractivity contribution in [2.24, 2.45) is 7.05 Å². The van der Waals surface area contributed by atoms with Gasteiger partial charge in [-0.15, -0.1) is 5.10 Å². The van der Waals surface area contributed by atoms with Crippen LogP contribution in [-0.2, 0) is 12.8 Å². The Labute approximate surface area is 95.8 Å². The summed E-state index contributed by atoms with van der Waals surface area (Å²) in [7, 11) is 1.80. The molecule has 2 aromatic heterocycles. The van der Waals surface area contributed by atoms with Gasteiger partial charge in [0, 0.05) is 24.0 Å². The molecule has 7 heteroatoms. The topological polar surface area (TPSA) is 56.5 Å². The largest absolute Gasteiger partial charge is 0.260 e. The molecule has 0 aliphatic heterocycles. The number of hydrogen-bond donors (Lipinski definition) is 0. The summed E-state index contributed by atoms with van der Waals surface area (Å²) >= 11 is 7.36. The van der Waals surface area contributed by atoms with Gasteiger partial charge < -0.3 is 0 Å². The van der Waals surface area contributed by atoms with Crippen LogP contribution < -0.4 is 0 Å². The van der Waals surface area contributed by atoms with Crippen molar-refractivity contribution < 1.29 is 0 Å². The van der Waals surface area contributed by atoms with E-state index in [1.807, 2.05) is 6.07 Å². The third-order valence-electron chi connectivity index (χ3n) is 1.71. The van der Waals surface area contributed by atoms with Gasteiger partial charge in [-0.1, -0.05) is 23.4 Å². The van der Waals surface area contributed by atoms with Gasteiger partial charge in [-0.25, -0.2) is 4.68 Å². The lowest BCUT2D eigenvalue weighted by Gasteiger charge is -1.99. The van der Waals surface area contributed by atoms with Gasteiger partial charge in [0.2, 0.25) is 5.16 Å². The number of thioether (sulfide) groups is 1. The minimum Gasteiger partial charge on any atom is -0.260 e. The van der Waals surface area contributed by atoms with E-state index in [1.165, 1.54) is 11.8 Å². The van der Waals surface area contributed by atoms with Crippen molar-refractivity contribution >= 4 is 23.4 Å². The van der Waals surface area contributed by atoms with Crippen LogP contribution in [-0.4, -0.2) is 25.2 Å². The summed E-state index contributed by atoms with van der Waals surface area (Å²) in [6.07, 6.45) is 1.69. The van der Waals surface area contributed by atoms with Crippen LogP contribution in [0.4, 0.5) is 0 Å². The third-order valence-corrected chi connectivity index (χ3v) is 2.99. The monoisotopic (exact) mass is 241 g/mol. The second-order valence-electron chi connectivity index (χ2n) is 2.84. The molecule has 2 heterocycles. The van der Waals surface area contributed by atoms with Crippen LogP contribution in [0.1, 0.15) is 5.69 Å². The van der Waals surface area contributed by atoms with Gasteiger partial charge in [-0.2, -0.15) is 0 Å². The Morgan fingerprint density at radius 2 is 2.40 bits per heavy atom. The normalized spacial score (nSPS) is 10.5. The van der Waals surface area contributed by atoms with Gasteiger partial charge in [0.05, 0.1) is 5.69 Å². The van der Waals surface area contributed by atoms with Gasteiger partial charge in [-0.05, 0) is 22.6 Å². The zero-order valence-corrected chi connectivity index (χ0v) is 9.53. The summed E-state index contributed by atoms with van der Waals surface area (Å²) in [5.74, 6) is 0.703. The maximum atomic E-state index is 5.84. The standard InChI is InChI=1S/C8H8ClN5S/c1-14-8(11-12-13-14)15-5-7-4-6(9)2-3-10-7/h2-4H,5H2,1H3. The van der Waals surface area contributed by atoms with Crippen LogP contribution >= 0.6 is 23.4 Å². The summed E-state index contributed by atoms with van der Waals surface area (Å²) in [6, 6.07) is 3.58. The molecule has 78 valence electrons. The first-order valence-corrected chi connectivity index (χ1v) is 5.57. The van der Waals surface area contributed by atoms with E-state index in [0.29, 0.717) is 10.8 Å². The Bertz CT molecular complexity index is 458. The van der Waals surface area contributed by atoms with E-state index in [2.05, 4.69) is 20.5 Å². The molecule has 2 aromatic rings. The quantitative estimate of drug-likeness (QED) is 0.764. The van der Waals surface area contributed by atoms with Gasteiger partial charge in [-0.3, -0.25) is 4.98 Å². The first-order valence-electron chi connectivity index (χ1n) is 4.21. The van der Waals surface area contributed by atoms with E-state index in [9.17, 15) is 0 Å². The van der Waals surface area contributed by atoms with Gasteiger partial charge in [0.1, 0.15) is 0 Å². The smallest absolute Gasteiger partial charge is 0.209 e. The van der Waals surface area contributed by atoms with E-state index in [0.717, 1.165) is 10.9 Å². The van der Waals surface area contributed by atoms with E-state index < -0.39 is 0 Å². The molecule has 0 fully saturated rings. The average Bonchev–Trinajstić information content (AvgIpc) is 2.61. The van der Waals surface area contributed by atoms with Crippen LogP contribution in [0.2, 0.25) is 5.02 Å². The minimum atomic E-state index is 0.691. The molecule has 0 N–H and O–H groups in total. The molecule has 0 aromatic carbocycles. The van der Waals surface area contributed by atoms with Crippen LogP contribution in [0.15, 0.2) is 23.5 Å². The molecule has 0 atom stereocenters. The van der Waals surface area contributed by atoms with Gasteiger partial charge in [0.25, 0.3) is 0 Å². The predicted molar refractivity (Wildman–Crippen MR) is 57.6 cm³/mol. The minimum absolute atomic E-state index is 0.691. The summed E-state index contributed by atoms with van der Waals surface area (Å²) in [5.41, 5.74) is 0.913. The number of tetrazole rings is 1. The summed E-state index contributed by atoms with van der Waals surface area (Å²) < 4.78 is 1.62. The fourth-order valence-electron chi connectivity index (χ4n) is 1.01. The second kappa shape index (κ2) is 4.59. The molecule has 2 rings (SSSR count). The van der Waals surface area contributed by atoms with Crippen LogP contribution in [0.5, 0.6) is 0 Å². The maximum absolute atomic E-state index is 5.84. The Morgan fingerprint density at radius 1 is 1.53 bits per heavy atom. The van der Waals surface area contributed by atoms with Crippen molar-refractivity contribution in [3.63, 3.8) is 0 Å². The molecule has 0 unspecified atom stereocenters. The Hall–Kier alpha value is -1.14. The van der Waals surface area contributed by atoms with Crippen LogP contribution in [0.25, 0.3) is 0 Å². The molecule has 15 heavy (non-hydrogen) atoms. The molecule has 5 nitrogen and oxygen atoms in total. The number of aromatic nitrogens is 5. The van der Waals surface area contributed by atoms with Crippen molar-refractivity contribution in [1.82, 2.24) is 25.2 Å². The molecule has 0 spiro atoms. The first kappa shape index (κ1) is 10.4. The number of hydrogen-bond acceptors (Lipinski definition) is 5. The van der Waals surface area contributed by atoms with E-state index >= 15 is 0 Å². The third kappa shape index (κ3) is 2.66. The number of halogens is 1. The fourth-order valence-corrected chi connectivity index (χ4v) is 1.94. The average molecular weight is 242 g/mol. The van der Waals surface area contributed by atoms with Crippen molar-refractivity contribution in [2.75, 3.05) is 0 Å². The number of pyridine rings is 1. The maximum Gasteiger partial charge on any atom is 0.209 e. The highest BCUT2D eigenvalue weighted by Gasteiger charge is 2.04. The van der Waals surface area contributed by atoms with Gasteiger partial charge >= 0.3 is 0 Å². The molecular formula is C8H8ClN5S. The van der Waals surface area contributed by atoms with E-state index in [1.54, 1.807) is 24.0 Å². The second-order valence-corrected chi connectivity index (χ2v) is 4.22. The van der Waals surface area contributed by atoms with Crippen LogP contribution in [0.3, 0.4) is 0 Å². The molecule has 0 saturated heterocycles. The lowest BCUT2D eigenvalue weighted by atomic mass is 10.4. The first-order chi connectivity index (χ1) is 7.25. The van der Waals surface area contributed by atoms with Crippen LogP contribution in [0, 0.1) is 0 Å². The zero-order chi connectivity index (χ0) is 10.7. The molecule has 0 bridgehead atoms. The SMILES string of the molecule is Cn1nnnc1SCc1cc(Cl)ccn1. The Kier molecular flexibility index (Phi) is 3.17. The highest BCUT2D eigenvalue weighted by atomic mass is 35.5. The number of aryl methyl sites for hydroxylation is 1. The summed E-state index contributed by atoms with van der Waals surface area (Å²) in [4.78, 5) is 4.19. The molecule has 0 amide bonds. The fraction of sp³-hybridized carbons (Fsp3) is 0.250. The van der Waals surface area contributed by atoms with Crippen molar-refractivity contribution in [3.05, 3.63) is 29.0 Å². The zero-order valence-electron chi connectivity index (χ0n) is 7.96. The molecule has 0 saturated carbocycles. The molecule has 0 radical (unpaired) electrons. The molecule has 0 aliphatic carbocycles. The lowest BCUT2D eigenvalue weighted by molar-refractivity contribution is 0.664. The van der Waals surface area contributed by atoms with E-state index in [4.69, 9.17) is 11.6 Å². The van der Waals surface area contributed by atoms with Crippen molar-refractivity contribution in [1.29, 1.82) is 0 Å². The van der Waals surface area contributed by atoms with Crippen molar-refractivity contribution in [3.8, 4) is 0 Å². The molecular weight excluding hydrogens is 234 g/mol.